The van der Waals surface area contributed by atoms with Crippen molar-refractivity contribution < 1.29 is 14.6 Å². The Balaban J connectivity index is 1.68. The number of phenols is 1. The summed E-state index contributed by atoms with van der Waals surface area (Å²) in [4.78, 5) is 30.5. The molecule has 1 amide bonds. The van der Waals surface area contributed by atoms with Crippen LogP contribution in [0.5, 0.6) is 11.5 Å². The molecule has 9 heteroatoms. The first-order valence-corrected chi connectivity index (χ1v) is 9.00. The molecule has 0 atom stereocenters. The number of thiophene rings is 1. The Morgan fingerprint density at radius 1 is 1.44 bits per heavy atom. The number of aromatic hydroxyl groups is 1. The maximum absolute atomic E-state index is 12.5. The van der Waals surface area contributed by atoms with Gasteiger partial charge in [0.05, 0.1) is 25.0 Å². The van der Waals surface area contributed by atoms with Crippen molar-refractivity contribution in [3.05, 3.63) is 51.4 Å². The highest BCUT2D eigenvalue weighted by atomic mass is 32.1. The van der Waals surface area contributed by atoms with Crippen molar-refractivity contribution in [3.8, 4) is 11.5 Å². The van der Waals surface area contributed by atoms with Crippen molar-refractivity contribution >= 4 is 33.7 Å². The number of carbonyl (C=O) groups excluding carboxylic acids is 1. The van der Waals surface area contributed by atoms with Crippen LogP contribution in [0.25, 0.3) is 10.2 Å². The van der Waals surface area contributed by atoms with Gasteiger partial charge in [0.25, 0.3) is 11.5 Å². The third-order valence-electron chi connectivity index (χ3n) is 3.84. The predicted molar refractivity (Wildman–Crippen MR) is 104 cm³/mol. The number of nitrogens with one attached hydrogen (secondary N) is 1. The molecule has 0 unspecified atom stereocenters. The first kappa shape index (κ1) is 18.6. The quantitative estimate of drug-likeness (QED) is 0.497. The number of hydrazone groups is 1. The lowest BCUT2D eigenvalue weighted by Crippen LogP contribution is -2.29. The van der Waals surface area contributed by atoms with Gasteiger partial charge in [-0.25, -0.2) is 10.4 Å². The first-order valence-electron chi connectivity index (χ1n) is 8.18. The fraction of sp³-hybridized carbons (Fsp3) is 0.222. The predicted octanol–water partition coefficient (Wildman–Crippen LogP) is 1.88. The average Bonchev–Trinajstić information content (AvgIpc) is 3.09. The molecule has 27 heavy (non-hydrogen) atoms. The van der Waals surface area contributed by atoms with Gasteiger partial charge in [0.2, 0.25) is 0 Å². The number of carbonyl (C=O) groups is 1. The zero-order valence-corrected chi connectivity index (χ0v) is 15.6. The maximum Gasteiger partial charge on any atom is 0.262 e. The van der Waals surface area contributed by atoms with E-state index in [0.29, 0.717) is 21.5 Å². The van der Waals surface area contributed by atoms with Crippen LogP contribution in [0.15, 0.2) is 40.5 Å². The summed E-state index contributed by atoms with van der Waals surface area (Å²) in [6, 6.07) is 6.49. The third kappa shape index (κ3) is 4.14. The van der Waals surface area contributed by atoms with Crippen LogP contribution in [-0.2, 0) is 17.8 Å². The highest BCUT2D eigenvalue weighted by molar-refractivity contribution is 7.18. The first-order chi connectivity index (χ1) is 13.0. The summed E-state index contributed by atoms with van der Waals surface area (Å²) in [6.07, 6.45) is 3.61. The minimum Gasteiger partial charge on any atom is -0.504 e. The Bertz CT molecular complexity index is 1070. The smallest absolute Gasteiger partial charge is 0.262 e. The van der Waals surface area contributed by atoms with Gasteiger partial charge < -0.3 is 9.84 Å². The SMILES string of the molecule is CCc1cc2c(=O)n(CC(=O)N/N=C\c3ccc(O)c(OC)c3)cnc2s1. The Labute approximate surface area is 158 Å². The molecule has 0 aliphatic heterocycles. The lowest BCUT2D eigenvalue weighted by atomic mass is 10.2. The summed E-state index contributed by atoms with van der Waals surface area (Å²) < 4.78 is 6.26. The molecule has 0 bridgehead atoms. The highest BCUT2D eigenvalue weighted by Gasteiger charge is 2.10. The molecule has 0 radical (unpaired) electrons. The molecule has 2 heterocycles. The van der Waals surface area contributed by atoms with E-state index in [1.807, 2.05) is 13.0 Å². The van der Waals surface area contributed by atoms with Gasteiger partial charge in [-0.2, -0.15) is 5.10 Å². The number of hydrogen-bond acceptors (Lipinski definition) is 7. The van der Waals surface area contributed by atoms with Crippen molar-refractivity contribution in [2.45, 2.75) is 19.9 Å². The molecule has 0 fully saturated rings. The summed E-state index contributed by atoms with van der Waals surface area (Å²) in [5, 5.41) is 13.9. The Morgan fingerprint density at radius 3 is 3.00 bits per heavy atom. The maximum atomic E-state index is 12.5. The zero-order chi connectivity index (χ0) is 19.4. The van der Waals surface area contributed by atoms with E-state index in [9.17, 15) is 14.7 Å². The van der Waals surface area contributed by atoms with Crippen LogP contribution in [0.4, 0.5) is 0 Å². The van der Waals surface area contributed by atoms with Gasteiger partial charge in [-0.3, -0.25) is 14.2 Å². The number of benzene rings is 1. The Morgan fingerprint density at radius 2 is 2.26 bits per heavy atom. The van der Waals surface area contributed by atoms with E-state index in [4.69, 9.17) is 4.74 Å². The minimum atomic E-state index is -0.453. The summed E-state index contributed by atoms with van der Waals surface area (Å²) in [5.41, 5.74) is 2.75. The number of phenolic OH excluding ortho intramolecular Hbond substituents is 1. The van der Waals surface area contributed by atoms with Gasteiger partial charge in [-0.1, -0.05) is 6.92 Å². The normalized spacial score (nSPS) is 11.2. The molecule has 0 saturated heterocycles. The molecule has 3 aromatic rings. The third-order valence-corrected chi connectivity index (χ3v) is 5.03. The molecule has 140 valence electrons. The van der Waals surface area contributed by atoms with E-state index in [1.54, 1.807) is 12.1 Å². The summed E-state index contributed by atoms with van der Waals surface area (Å²) in [7, 11) is 1.44. The van der Waals surface area contributed by atoms with Crippen LogP contribution < -0.4 is 15.7 Å². The van der Waals surface area contributed by atoms with E-state index in [0.717, 1.165) is 11.3 Å². The molecule has 0 aliphatic carbocycles. The number of nitrogens with zero attached hydrogens (tertiary/aromatic N) is 3. The number of aryl methyl sites for hydroxylation is 1. The van der Waals surface area contributed by atoms with E-state index in [2.05, 4.69) is 15.5 Å². The minimum absolute atomic E-state index is 0.0145. The van der Waals surface area contributed by atoms with Gasteiger partial charge in [0, 0.05) is 4.88 Å². The lowest BCUT2D eigenvalue weighted by molar-refractivity contribution is -0.121. The molecule has 0 spiro atoms. The number of methoxy groups -OCH3 is 1. The standard InChI is InChI=1S/C18H18N4O4S/c1-3-12-7-13-17(27-12)19-10-22(18(13)25)9-16(24)21-20-8-11-4-5-14(23)15(6-11)26-2/h4-8,10,23H,3,9H2,1-2H3,(H,21,24)/b20-8-. The largest absolute Gasteiger partial charge is 0.504 e. The van der Waals surface area contributed by atoms with Gasteiger partial charge >= 0.3 is 0 Å². The monoisotopic (exact) mass is 386 g/mol. The second-order valence-electron chi connectivity index (χ2n) is 5.69. The summed E-state index contributed by atoms with van der Waals surface area (Å²) >= 11 is 1.48. The van der Waals surface area contributed by atoms with Crippen molar-refractivity contribution in [1.29, 1.82) is 0 Å². The molecule has 2 N–H and O–H groups in total. The summed E-state index contributed by atoms with van der Waals surface area (Å²) in [6.45, 7) is 1.83. The van der Waals surface area contributed by atoms with Crippen LogP contribution in [0.2, 0.25) is 0 Å². The molecular formula is C18H18N4O4S. The van der Waals surface area contributed by atoms with Crippen molar-refractivity contribution in [2.24, 2.45) is 5.10 Å². The van der Waals surface area contributed by atoms with Crippen molar-refractivity contribution in [2.75, 3.05) is 7.11 Å². The zero-order valence-electron chi connectivity index (χ0n) is 14.8. The second kappa shape index (κ2) is 8.00. The van der Waals surface area contributed by atoms with E-state index >= 15 is 0 Å². The fourth-order valence-corrected chi connectivity index (χ4v) is 3.37. The molecule has 2 aromatic heterocycles. The fourth-order valence-electron chi connectivity index (χ4n) is 2.44. The lowest BCUT2D eigenvalue weighted by Gasteiger charge is -2.04. The number of hydrogen-bond donors (Lipinski definition) is 2. The van der Waals surface area contributed by atoms with E-state index in [-0.39, 0.29) is 17.9 Å². The molecule has 8 nitrogen and oxygen atoms in total. The number of ether oxygens (including phenoxy) is 1. The molecule has 1 aromatic carbocycles. The van der Waals surface area contributed by atoms with Crippen molar-refractivity contribution in [1.82, 2.24) is 15.0 Å². The molecule has 0 aliphatic rings. The topological polar surface area (TPSA) is 106 Å². The van der Waals surface area contributed by atoms with Gasteiger partial charge in [0.15, 0.2) is 11.5 Å². The highest BCUT2D eigenvalue weighted by Crippen LogP contribution is 2.25. The number of fused-ring (bicyclic) bond motifs is 1. The van der Waals surface area contributed by atoms with Gasteiger partial charge in [-0.15, -0.1) is 11.3 Å². The van der Waals surface area contributed by atoms with E-state index in [1.165, 1.54) is 41.6 Å². The molecule has 3 rings (SSSR count). The van der Waals surface area contributed by atoms with Gasteiger partial charge in [-0.05, 0) is 36.2 Å². The van der Waals surface area contributed by atoms with Crippen LogP contribution in [0, 0.1) is 0 Å². The second-order valence-corrected chi connectivity index (χ2v) is 6.80. The Kier molecular flexibility index (Phi) is 5.51. The summed E-state index contributed by atoms with van der Waals surface area (Å²) in [5.74, 6) is -0.134. The van der Waals surface area contributed by atoms with Crippen molar-refractivity contribution in [3.63, 3.8) is 0 Å². The number of rotatable bonds is 6. The van der Waals surface area contributed by atoms with Crippen LogP contribution in [0.1, 0.15) is 17.4 Å². The van der Waals surface area contributed by atoms with Crippen LogP contribution in [0.3, 0.4) is 0 Å². The number of amides is 1. The van der Waals surface area contributed by atoms with Crippen LogP contribution in [-0.4, -0.2) is 33.9 Å². The molecule has 0 saturated carbocycles. The average molecular weight is 386 g/mol. The van der Waals surface area contributed by atoms with Crippen LogP contribution >= 0.6 is 11.3 Å². The van der Waals surface area contributed by atoms with Gasteiger partial charge in [0.1, 0.15) is 11.4 Å². The Hall–Kier alpha value is -3.20. The number of aromatic nitrogens is 2. The molecular weight excluding hydrogens is 368 g/mol. The van der Waals surface area contributed by atoms with E-state index < -0.39 is 5.91 Å².